The highest BCUT2D eigenvalue weighted by Crippen LogP contribution is 2.43. The van der Waals surface area contributed by atoms with Gasteiger partial charge in [0, 0.05) is 17.9 Å². The molecule has 1 unspecified atom stereocenters. The summed E-state index contributed by atoms with van der Waals surface area (Å²) in [6.07, 6.45) is 2.73. The van der Waals surface area contributed by atoms with Crippen molar-refractivity contribution >= 4 is 47.0 Å². The molecule has 1 atom stereocenters. The number of imide groups is 1. The van der Waals surface area contributed by atoms with Gasteiger partial charge < -0.3 is 14.8 Å². The number of nitrogens with one attached hydrogen (secondary N) is 1. The number of rotatable bonds is 10. The number of carbonyl (C=O) groups is 4. The van der Waals surface area contributed by atoms with E-state index in [1.54, 1.807) is 56.3 Å². The largest absolute Gasteiger partial charge is 0.466 e. The lowest BCUT2D eigenvalue weighted by molar-refractivity contribution is -0.139. The van der Waals surface area contributed by atoms with Crippen molar-refractivity contribution in [3.8, 4) is 0 Å². The van der Waals surface area contributed by atoms with Gasteiger partial charge in [-0.2, -0.15) is 0 Å². The van der Waals surface area contributed by atoms with Crippen molar-refractivity contribution in [1.29, 1.82) is 0 Å². The summed E-state index contributed by atoms with van der Waals surface area (Å²) in [6, 6.07) is 11.9. The van der Waals surface area contributed by atoms with E-state index < -0.39 is 17.9 Å². The molecule has 0 radical (unpaired) electrons. The van der Waals surface area contributed by atoms with Crippen molar-refractivity contribution in [2.75, 3.05) is 20.3 Å². The van der Waals surface area contributed by atoms with Gasteiger partial charge in [-0.05, 0) is 56.9 Å². The fourth-order valence-corrected chi connectivity index (χ4v) is 5.53. The maximum Gasteiger partial charge on any atom is 0.336 e. The van der Waals surface area contributed by atoms with Crippen molar-refractivity contribution in [3.63, 3.8) is 0 Å². The van der Waals surface area contributed by atoms with Gasteiger partial charge in [-0.1, -0.05) is 53.9 Å². The molecule has 0 saturated carbocycles. The number of fused-ring (bicyclic) bond motifs is 1. The second-order valence-corrected chi connectivity index (χ2v) is 10.4. The highest BCUT2D eigenvalue weighted by molar-refractivity contribution is 6.42. The number of hydrogen-bond donors (Lipinski definition) is 1. The quantitative estimate of drug-likeness (QED) is 0.214. The number of dihydropyridines is 1. The summed E-state index contributed by atoms with van der Waals surface area (Å²) in [4.78, 5) is 52.4. The number of ether oxygens (including phenoxy) is 2. The van der Waals surface area contributed by atoms with Crippen molar-refractivity contribution in [1.82, 2.24) is 10.2 Å². The number of unbranched alkanes of at least 4 members (excludes halogenated alkanes) is 3. The van der Waals surface area contributed by atoms with Crippen molar-refractivity contribution in [2.24, 2.45) is 0 Å². The molecule has 4 rings (SSSR count). The van der Waals surface area contributed by atoms with Crippen molar-refractivity contribution < 1.29 is 28.7 Å². The molecule has 210 valence electrons. The van der Waals surface area contributed by atoms with Gasteiger partial charge in [-0.15, -0.1) is 0 Å². The van der Waals surface area contributed by atoms with E-state index in [0.29, 0.717) is 52.5 Å². The van der Waals surface area contributed by atoms with Crippen LogP contribution < -0.4 is 5.32 Å². The van der Waals surface area contributed by atoms with Crippen LogP contribution in [0.5, 0.6) is 0 Å². The number of benzene rings is 2. The Bertz CT molecular complexity index is 1400. The Kier molecular flexibility index (Phi) is 9.32. The topological polar surface area (TPSA) is 102 Å². The Hall–Kier alpha value is -3.62. The average Bonchev–Trinajstić information content (AvgIpc) is 3.18. The van der Waals surface area contributed by atoms with Gasteiger partial charge >= 0.3 is 11.9 Å². The average molecular weight is 585 g/mol. The standard InChI is InChI=1S/C30H30Cl2N2O6/c1-17-23(29(37)39-3)25(21-13-10-14-22(31)26(21)32)24(18(2)33-17)30(38)40-16-9-5-4-8-15-34-27(35)19-11-6-7-12-20(19)28(34)36/h6-7,10-14,25,33H,4-5,8-9,15-16H2,1-3H3. The lowest BCUT2D eigenvalue weighted by Crippen LogP contribution is -2.32. The maximum absolute atomic E-state index is 13.3. The highest BCUT2D eigenvalue weighted by atomic mass is 35.5. The molecule has 40 heavy (non-hydrogen) atoms. The van der Waals surface area contributed by atoms with E-state index in [1.807, 2.05) is 0 Å². The number of methoxy groups -OCH3 is 1. The zero-order valence-corrected chi connectivity index (χ0v) is 24.0. The predicted octanol–water partition coefficient (Wildman–Crippen LogP) is 5.80. The third-order valence-electron chi connectivity index (χ3n) is 7.07. The SMILES string of the molecule is COC(=O)C1=C(C)NC(C)=C(C(=O)OCCCCCCN2C(=O)c3ccccc3C2=O)C1c1cccc(Cl)c1Cl. The molecule has 2 heterocycles. The molecule has 2 aromatic carbocycles. The third-order valence-corrected chi connectivity index (χ3v) is 7.90. The number of amides is 2. The molecule has 8 nitrogen and oxygen atoms in total. The molecule has 0 fully saturated rings. The molecular formula is C30H30Cl2N2O6. The van der Waals surface area contributed by atoms with E-state index in [0.717, 1.165) is 12.8 Å². The van der Waals surface area contributed by atoms with Gasteiger partial charge in [0.2, 0.25) is 0 Å². The molecule has 0 spiro atoms. The van der Waals surface area contributed by atoms with Gasteiger partial charge in [0.25, 0.3) is 11.8 Å². The minimum atomic E-state index is -0.827. The van der Waals surface area contributed by atoms with Crippen molar-refractivity contribution in [2.45, 2.75) is 45.4 Å². The molecule has 1 N–H and O–H groups in total. The Morgan fingerprint density at radius 2 is 1.45 bits per heavy atom. The normalized spacial score (nSPS) is 16.7. The Morgan fingerprint density at radius 3 is 2.08 bits per heavy atom. The molecule has 2 aromatic rings. The van der Waals surface area contributed by atoms with E-state index >= 15 is 0 Å². The molecule has 0 saturated heterocycles. The molecule has 10 heteroatoms. The van der Waals surface area contributed by atoms with Crippen LogP contribution in [0.3, 0.4) is 0 Å². The Labute approximate surface area is 242 Å². The van der Waals surface area contributed by atoms with Crippen LogP contribution in [0.15, 0.2) is 65.0 Å². The van der Waals surface area contributed by atoms with Crippen LogP contribution in [0.4, 0.5) is 0 Å². The van der Waals surface area contributed by atoms with Gasteiger partial charge in [-0.3, -0.25) is 14.5 Å². The Balaban J connectivity index is 1.35. The van der Waals surface area contributed by atoms with E-state index in [2.05, 4.69) is 5.32 Å². The minimum absolute atomic E-state index is 0.162. The van der Waals surface area contributed by atoms with Crippen LogP contribution in [-0.4, -0.2) is 48.9 Å². The first-order chi connectivity index (χ1) is 19.2. The molecule has 0 aliphatic carbocycles. The summed E-state index contributed by atoms with van der Waals surface area (Å²) in [5.41, 5.74) is 2.96. The summed E-state index contributed by atoms with van der Waals surface area (Å²) in [5.74, 6) is -2.52. The fraction of sp³-hybridized carbons (Fsp3) is 0.333. The van der Waals surface area contributed by atoms with E-state index in [1.165, 1.54) is 12.0 Å². The predicted molar refractivity (Wildman–Crippen MR) is 151 cm³/mol. The van der Waals surface area contributed by atoms with Crippen LogP contribution in [0.2, 0.25) is 10.0 Å². The molecule has 2 aliphatic rings. The lowest BCUT2D eigenvalue weighted by Gasteiger charge is -2.30. The first kappa shape index (κ1) is 29.4. The molecule has 2 aliphatic heterocycles. The van der Waals surface area contributed by atoms with Gasteiger partial charge in [-0.25, -0.2) is 9.59 Å². The van der Waals surface area contributed by atoms with Crippen LogP contribution in [0.25, 0.3) is 0 Å². The molecule has 2 amide bonds. The number of carbonyl (C=O) groups excluding carboxylic acids is 4. The first-order valence-corrected chi connectivity index (χ1v) is 13.8. The molecule has 0 bridgehead atoms. The lowest BCUT2D eigenvalue weighted by atomic mass is 9.80. The summed E-state index contributed by atoms with van der Waals surface area (Å²) >= 11 is 12.8. The highest BCUT2D eigenvalue weighted by Gasteiger charge is 2.39. The van der Waals surface area contributed by atoms with E-state index in [-0.39, 0.29) is 34.6 Å². The number of esters is 2. The van der Waals surface area contributed by atoms with Crippen LogP contribution in [0, 0.1) is 0 Å². The zero-order chi connectivity index (χ0) is 29.0. The maximum atomic E-state index is 13.3. The second kappa shape index (κ2) is 12.7. The monoisotopic (exact) mass is 584 g/mol. The summed E-state index contributed by atoms with van der Waals surface area (Å²) < 4.78 is 10.6. The van der Waals surface area contributed by atoms with Crippen LogP contribution in [-0.2, 0) is 19.1 Å². The van der Waals surface area contributed by atoms with E-state index in [9.17, 15) is 19.2 Å². The minimum Gasteiger partial charge on any atom is -0.466 e. The summed E-state index contributed by atoms with van der Waals surface area (Å²) in [5, 5.41) is 3.62. The van der Waals surface area contributed by atoms with E-state index in [4.69, 9.17) is 32.7 Å². The smallest absolute Gasteiger partial charge is 0.336 e. The number of allylic oxidation sites excluding steroid dienone is 2. The number of hydrogen-bond acceptors (Lipinski definition) is 7. The van der Waals surface area contributed by atoms with Crippen LogP contribution in [0.1, 0.15) is 71.7 Å². The van der Waals surface area contributed by atoms with Gasteiger partial charge in [0.15, 0.2) is 0 Å². The summed E-state index contributed by atoms with van der Waals surface area (Å²) in [6.45, 7) is 3.97. The fourth-order valence-electron chi connectivity index (χ4n) is 5.11. The first-order valence-electron chi connectivity index (χ1n) is 13.0. The summed E-state index contributed by atoms with van der Waals surface area (Å²) in [7, 11) is 1.27. The third kappa shape index (κ3) is 5.78. The second-order valence-electron chi connectivity index (χ2n) is 9.63. The van der Waals surface area contributed by atoms with Crippen LogP contribution >= 0.6 is 23.2 Å². The molecular weight excluding hydrogens is 555 g/mol. The van der Waals surface area contributed by atoms with Gasteiger partial charge in [0.05, 0.1) is 52.0 Å². The number of halogens is 2. The molecule has 0 aromatic heterocycles. The Morgan fingerprint density at radius 1 is 0.850 bits per heavy atom. The van der Waals surface area contributed by atoms with Gasteiger partial charge in [0.1, 0.15) is 0 Å². The zero-order valence-electron chi connectivity index (χ0n) is 22.5. The van der Waals surface area contributed by atoms with Crippen molar-refractivity contribution in [3.05, 3.63) is 91.7 Å². The number of nitrogens with zero attached hydrogens (tertiary/aromatic N) is 1.